The number of esters is 1. The summed E-state index contributed by atoms with van der Waals surface area (Å²) >= 11 is 0. The zero-order valence-corrected chi connectivity index (χ0v) is 26.6. The molecule has 7 heteroatoms. The molecule has 0 aromatic heterocycles. The van der Waals surface area contributed by atoms with E-state index in [0.717, 1.165) is 15.9 Å². The van der Waals surface area contributed by atoms with Gasteiger partial charge in [-0.15, -0.1) is 0 Å². The van der Waals surface area contributed by atoms with Gasteiger partial charge in [-0.3, -0.25) is 14.4 Å². The first-order valence-electron chi connectivity index (χ1n) is 13.9. The van der Waals surface area contributed by atoms with E-state index in [4.69, 9.17) is 9.47 Å². The molecule has 222 valence electrons. The first-order valence-corrected chi connectivity index (χ1v) is 15.7. The molecule has 0 amide bonds. The Hall–Kier alpha value is -3.76. The number of ketones is 2. The smallest absolute Gasteiger partial charge is 0.318 e. The molecule has 3 aromatic carbocycles. The highest BCUT2D eigenvalue weighted by molar-refractivity contribution is 7.99. The number of methoxy groups -OCH3 is 2. The molecule has 42 heavy (non-hydrogen) atoms. The Bertz CT molecular complexity index is 1290. The summed E-state index contributed by atoms with van der Waals surface area (Å²) in [7, 11) is -0.660. The van der Waals surface area contributed by atoms with Gasteiger partial charge in [0, 0.05) is 10.8 Å². The molecular weight excluding hydrogens is 547 g/mol. The van der Waals surface area contributed by atoms with Crippen molar-refractivity contribution in [2.24, 2.45) is 22.7 Å². The number of aliphatic hydroxyl groups excluding tert-OH is 1. The fourth-order valence-corrected chi connectivity index (χ4v) is 9.93. The molecule has 0 aliphatic carbocycles. The van der Waals surface area contributed by atoms with Crippen LogP contribution in [-0.2, 0) is 23.9 Å². The Morgan fingerprint density at radius 3 is 1.19 bits per heavy atom. The van der Waals surface area contributed by atoms with Gasteiger partial charge in [0.1, 0.15) is 40.7 Å². The molecule has 0 fully saturated rings. The Morgan fingerprint density at radius 1 is 0.595 bits per heavy atom. The molecule has 3 aromatic rings. The summed E-state index contributed by atoms with van der Waals surface area (Å²) in [4.78, 5) is 42.7. The van der Waals surface area contributed by atoms with Crippen LogP contribution in [0.2, 0.25) is 0 Å². The van der Waals surface area contributed by atoms with Gasteiger partial charge >= 0.3 is 11.9 Å². The Morgan fingerprint density at radius 2 is 0.929 bits per heavy atom. The number of Topliss-reactive ketones (excluding diaryl/α,β-unsaturated/α-hetero) is 2. The van der Waals surface area contributed by atoms with Gasteiger partial charge in [0.15, 0.2) is 5.31 Å². The van der Waals surface area contributed by atoms with Crippen LogP contribution in [0, 0.1) is 22.7 Å². The van der Waals surface area contributed by atoms with Gasteiger partial charge in [-0.05, 0) is 36.4 Å². The molecule has 0 bridgehead atoms. The minimum Gasteiger partial charge on any atom is -0.478 e. The van der Waals surface area contributed by atoms with Crippen molar-refractivity contribution in [3.63, 3.8) is 0 Å². The molecule has 0 saturated heterocycles. The minimum atomic E-state index is -3.20. The molecule has 1 unspecified atom stereocenters. The zero-order chi connectivity index (χ0) is 31.3. The summed E-state index contributed by atoms with van der Waals surface area (Å²) in [5.74, 6) is -5.12. The van der Waals surface area contributed by atoms with Crippen LogP contribution in [0.3, 0.4) is 0 Å². The number of ether oxygens (including phenoxy) is 2. The van der Waals surface area contributed by atoms with Crippen molar-refractivity contribution in [1.82, 2.24) is 0 Å². The summed E-state index contributed by atoms with van der Waals surface area (Å²) < 4.78 is 10.9. The fraction of sp³-hybridized carbons (Fsp3) is 0.343. The van der Waals surface area contributed by atoms with E-state index in [2.05, 4.69) is 0 Å². The largest absolute Gasteiger partial charge is 0.478 e. The van der Waals surface area contributed by atoms with Gasteiger partial charge in [0.2, 0.25) is 0 Å². The predicted octanol–water partition coefficient (Wildman–Crippen LogP) is 5.99. The average Bonchev–Trinajstić information content (AvgIpc) is 2.98. The number of aliphatic hydroxyl groups is 1. The van der Waals surface area contributed by atoms with Crippen LogP contribution in [0.5, 0.6) is 0 Å². The van der Waals surface area contributed by atoms with Gasteiger partial charge in [0.05, 0.1) is 20.1 Å². The maximum Gasteiger partial charge on any atom is 0.318 e. The van der Waals surface area contributed by atoms with E-state index in [1.54, 1.807) is 41.5 Å². The second kappa shape index (κ2) is 13.0. The average molecular weight is 590 g/mol. The number of rotatable bonds is 10. The molecule has 1 N–H and O–H groups in total. The third kappa shape index (κ3) is 6.34. The van der Waals surface area contributed by atoms with E-state index in [1.807, 2.05) is 91.0 Å². The van der Waals surface area contributed by atoms with Crippen molar-refractivity contribution in [2.45, 2.75) is 41.5 Å². The van der Waals surface area contributed by atoms with E-state index in [0.29, 0.717) is 0 Å². The van der Waals surface area contributed by atoms with Gasteiger partial charge in [-0.2, -0.15) is 0 Å². The second-order valence-corrected chi connectivity index (χ2v) is 15.7. The van der Waals surface area contributed by atoms with Crippen LogP contribution in [0.4, 0.5) is 0 Å². The topological polar surface area (TPSA) is 89.9 Å². The number of carbonyl (C=O) groups is 3. The predicted molar refractivity (Wildman–Crippen MR) is 170 cm³/mol. The second-order valence-electron chi connectivity index (χ2n) is 12.3. The molecule has 0 aliphatic heterocycles. The maximum absolute atomic E-state index is 14.3. The standard InChI is InChI=1S/C35H41O6P/c1-34(2,3)30(36)28(31(37)35(4,5)6)27(32(38)40-7)29(33(39)41-8)42(24-18-12-9-13-19-24,25-20-14-10-15-21-25)26-22-16-11-17-23-26/h9-23,27-28H,1-8H3/p+1/b33-29+. The van der Waals surface area contributed by atoms with E-state index >= 15 is 0 Å². The van der Waals surface area contributed by atoms with E-state index in [9.17, 15) is 19.5 Å². The van der Waals surface area contributed by atoms with Crippen molar-refractivity contribution in [3.8, 4) is 0 Å². The number of benzene rings is 3. The summed E-state index contributed by atoms with van der Waals surface area (Å²) in [6, 6.07) is 28.7. The molecule has 0 aliphatic rings. The van der Waals surface area contributed by atoms with Crippen LogP contribution in [0.15, 0.2) is 102 Å². The van der Waals surface area contributed by atoms with Gasteiger partial charge in [-0.25, -0.2) is 0 Å². The van der Waals surface area contributed by atoms with Crippen molar-refractivity contribution in [3.05, 3.63) is 102 Å². The van der Waals surface area contributed by atoms with E-state index in [1.165, 1.54) is 14.2 Å². The molecule has 0 radical (unpaired) electrons. The van der Waals surface area contributed by atoms with Crippen molar-refractivity contribution in [2.75, 3.05) is 14.2 Å². The van der Waals surface area contributed by atoms with E-state index in [-0.39, 0.29) is 5.31 Å². The quantitative estimate of drug-likeness (QED) is 0.135. The lowest BCUT2D eigenvalue weighted by Crippen LogP contribution is -2.48. The van der Waals surface area contributed by atoms with Crippen molar-refractivity contribution < 1.29 is 29.0 Å². The van der Waals surface area contributed by atoms with E-state index < -0.39 is 53.4 Å². The van der Waals surface area contributed by atoms with Gasteiger partial charge < -0.3 is 14.6 Å². The Balaban J connectivity index is 2.66. The van der Waals surface area contributed by atoms with Crippen molar-refractivity contribution in [1.29, 1.82) is 0 Å². The molecule has 0 heterocycles. The third-order valence-electron chi connectivity index (χ3n) is 7.33. The lowest BCUT2D eigenvalue weighted by Gasteiger charge is -2.37. The van der Waals surface area contributed by atoms with Crippen LogP contribution in [0.1, 0.15) is 41.5 Å². The first kappa shape index (κ1) is 32.8. The molecule has 3 rings (SSSR count). The van der Waals surface area contributed by atoms with Crippen LogP contribution in [-0.4, -0.2) is 36.9 Å². The highest BCUT2D eigenvalue weighted by Crippen LogP contribution is 2.67. The minimum absolute atomic E-state index is 0.153. The Kier molecular flexibility index (Phi) is 10.2. The van der Waals surface area contributed by atoms with Crippen LogP contribution < -0.4 is 15.9 Å². The number of hydrogen-bond donors (Lipinski definition) is 1. The highest BCUT2D eigenvalue weighted by Gasteiger charge is 2.61. The van der Waals surface area contributed by atoms with Crippen molar-refractivity contribution >= 4 is 40.7 Å². The van der Waals surface area contributed by atoms with Gasteiger partial charge in [-0.1, -0.05) is 96.1 Å². The van der Waals surface area contributed by atoms with Crippen LogP contribution in [0.25, 0.3) is 0 Å². The summed E-state index contributed by atoms with van der Waals surface area (Å²) in [5, 5.41) is 14.4. The molecule has 0 spiro atoms. The molecule has 0 saturated carbocycles. The lowest BCUT2D eigenvalue weighted by molar-refractivity contribution is -0.155. The summed E-state index contributed by atoms with van der Waals surface area (Å²) in [5.41, 5.74) is -1.97. The monoisotopic (exact) mass is 589 g/mol. The third-order valence-corrected chi connectivity index (χ3v) is 11.7. The number of carbonyl (C=O) groups excluding carboxylic acids is 3. The zero-order valence-electron chi connectivity index (χ0n) is 25.8. The van der Waals surface area contributed by atoms with Gasteiger partial charge in [0.25, 0.3) is 0 Å². The maximum atomic E-state index is 14.3. The summed E-state index contributed by atoms with van der Waals surface area (Å²) in [6.45, 7) is 10.3. The molecule has 1 atom stereocenters. The molecule has 6 nitrogen and oxygen atoms in total. The highest BCUT2D eigenvalue weighted by atomic mass is 31.2. The number of hydrogen-bond acceptors (Lipinski definition) is 6. The normalized spacial score (nSPS) is 13.6. The summed E-state index contributed by atoms with van der Waals surface area (Å²) in [6.07, 6.45) is 0. The first-order chi connectivity index (χ1) is 19.7. The molecular formula is C35H42O6P+. The SMILES string of the molecule is COC(=O)C(/C(=C(/O)OC)[P+](c1ccccc1)(c1ccccc1)c1ccccc1)C(C(=O)C(C)(C)C)C(=O)C(C)(C)C. The van der Waals surface area contributed by atoms with Crippen LogP contribution >= 0.6 is 7.26 Å². The lowest BCUT2D eigenvalue weighted by atomic mass is 9.69. The Labute approximate surface area is 250 Å². The fourth-order valence-electron chi connectivity index (χ4n) is 5.30.